The van der Waals surface area contributed by atoms with Crippen molar-refractivity contribution in [3.8, 4) is 17.2 Å². The average molecular weight is 408 g/mol. The zero-order chi connectivity index (χ0) is 21.8. The zero-order valence-corrected chi connectivity index (χ0v) is 17.7. The summed E-state index contributed by atoms with van der Waals surface area (Å²) in [5.74, 6) is -0.481. The lowest BCUT2D eigenvalue weighted by molar-refractivity contribution is -0.150. The van der Waals surface area contributed by atoms with Crippen molar-refractivity contribution in [1.29, 1.82) is 0 Å². The molecule has 1 saturated heterocycles. The van der Waals surface area contributed by atoms with E-state index >= 15 is 0 Å². The van der Waals surface area contributed by atoms with E-state index in [1.54, 1.807) is 26.0 Å². The van der Waals surface area contributed by atoms with Crippen LogP contribution in [0.3, 0.4) is 0 Å². The van der Waals surface area contributed by atoms with Gasteiger partial charge in [-0.1, -0.05) is 6.92 Å². The molecule has 2 rings (SSSR count). The van der Waals surface area contributed by atoms with Gasteiger partial charge >= 0.3 is 5.97 Å². The summed E-state index contributed by atoms with van der Waals surface area (Å²) in [6.45, 7) is 3.55. The summed E-state index contributed by atoms with van der Waals surface area (Å²) in [5, 5.41) is 2.73. The molecule has 1 aromatic carbocycles. The Bertz CT molecular complexity index is 770. The quantitative estimate of drug-likeness (QED) is 0.651. The molecule has 29 heavy (non-hydrogen) atoms. The summed E-state index contributed by atoms with van der Waals surface area (Å²) in [6, 6.07) is 3.31. The molecule has 1 heterocycles. The SMILES string of the molecule is CCC(C)(NC(=O)C1CC(=O)N(c2cc(OC)c(OC)c(OC)c2)C1)C(=O)OC. The van der Waals surface area contributed by atoms with Crippen LogP contribution in [0.2, 0.25) is 0 Å². The third kappa shape index (κ3) is 4.38. The fraction of sp³-hybridized carbons (Fsp3) is 0.550. The van der Waals surface area contributed by atoms with Crippen molar-refractivity contribution in [3.05, 3.63) is 12.1 Å². The number of nitrogens with one attached hydrogen (secondary N) is 1. The molecule has 0 saturated carbocycles. The number of carbonyl (C=O) groups excluding carboxylic acids is 3. The second-order valence-corrected chi connectivity index (χ2v) is 6.96. The van der Waals surface area contributed by atoms with Crippen LogP contribution in [0.15, 0.2) is 12.1 Å². The molecule has 0 bridgehead atoms. The molecule has 2 unspecified atom stereocenters. The van der Waals surface area contributed by atoms with E-state index in [1.165, 1.54) is 33.3 Å². The number of amides is 2. The maximum Gasteiger partial charge on any atom is 0.331 e. The van der Waals surface area contributed by atoms with Crippen molar-refractivity contribution in [1.82, 2.24) is 5.32 Å². The Balaban J connectivity index is 2.24. The van der Waals surface area contributed by atoms with Crippen molar-refractivity contribution in [3.63, 3.8) is 0 Å². The van der Waals surface area contributed by atoms with Gasteiger partial charge in [0.15, 0.2) is 11.5 Å². The molecule has 0 spiro atoms. The number of anilines is 1. The van der Waals surface area contributed by atoms with Crippen molar-refractivity contribution in [2.75, 3.05) is 39.9 Å². The highest BCUT2D eigenvalue weighted by molar-refractivity contribution is 6.01. The van der Waals surface area contributed by atoms with Gasteiger partial charge in [-0.15, -0.1) is 0 Å². The first-order valence-electron chi connectivity index (χ1n) is 9.25. The molecule has 2 amide bonds. The second kappa shape index (κ2) is 9.02. The predicted molar refractivity (Wildman–Crippen MR) is 105 cm³/mol. The molecule has 160 valence electrons. The fourth-order valence-electron chi connectivity index (χ4n) is 3.24. The highest BCUT2D eigenvalue weighted by atomic mass is 16.5. The number of esters is 1. The Morgan fingerprint density at radius 3 is 2.17 bits per heavy atom. The van der Waals surface area contributed by atoms with Crippen molar-refractivity contribution >= 4 is 23.5 Å². The fourth-order valence-corrected chi connectivity index (χ4v) is 3.24. The van der Waals surface area contributed by atoms with Gasteiger partial charge in [-0.25, -0.2) is 4.79 Å². The normalized spacial score (nSPS) is 18.1. The van der Waals surface area contributed by atoms with Crippen LogP contribution in [-0.4, -0.2) is 58.3 Å². The minimum absolute atomic E-state index is 0.0312. The van der Waals surface area contributed by atoms with Gasteiger partial charge < -0.3 is 29.2 Å². The summed E-state index contributed by atoms with van der Waals surface area (Å²) in [7, 11) is 5.74. The van der Waals surface area contributed by atoms with Gasteiger partial charge in [-0.05, 0) is 13.3 Å². The molecule has 1 aliphatic heterocycles. The topological polar surface area (TPSA) is 103 Å². The van der Waals surface area contributed by atoms with Gasteiger partial charge in [0.25, 0.3) is 0 Å². The highest BCUT2D eigenvalue weighted by Crippen LogP contribution is 2.42. The molecule has 0 aromatic heterocycles. The van der Waals surface area contributed by atoms with E-state index in [1.807, 2.05) is 0 Å². The number of nitrogens with zero attached hydrogens (tertiary/aromatic N) is 1. The Kier molecular flexibility index (Phi) is 6.94. The second-order valence-electron chi connectivity index (χ2n) is 6.96. The van der Waals surface area contributed by atoms with Crippen LogP contribution >= 0.6 is 0 Å². The monoisotopic (exact) mass is 408 g/mol. The van der Waals surface area contributed by atoms with Crippen LogP contribution in [0.4, 0.5) is 5.69 Å². The van der Waals surface area contributed by atoms with Gasteiger partial charge in [-0.3, -0.25) is 9.59 Å². The molecule has 1 aromatic rings. The first kappa shape index (κ1) is 22.3. The first-order chi connectivity index (χ1) is 13.7. The van der Waals surface area contributed by atoms with Crippen LogP contribution in [0.25, 0.3) is 0 Å². The van der Waals surface area contributed by atoms with Crippen LogP contribution < -0.4 is 24.4 Å². The minimum atomic E-state index is -1.14. The average Bonchev–Trinajstić information content (AvgIpc) is 3.13. The van der Waals surface area contributed by atoms with E-state index in [0.717, 1.165) is 0 Å². The Labute approximate surface area is 170 Å². The molecule has 1 N–H and O–H groups in total. The molecule has 9 heteroatoms. The van der Waals surface area contributed by atoms with Gasteiger partial charge in [0.2, 0.25) is 17.6 Å². The molecule has 0 aliphatic carbocycles. The van der Waals surface area contributed by atoms with Gasteiger partial charge in [0.1, 0.15) is 5.54 Å². The van der Waals surface area contributed by atoms with E-state index in [4.69, 9.17) is 18.9 Å². The number of rotatable bonds is 8. The summed E-state index contributed by atoms with van der Waals surface area (Å²) in [4.78, 5) is 38.9. The number of carbonyl (C=O) groups is 3. The van der Waals surface area contributed by atoms with Gasteiger partial charge in [0.05, 0.1) is 40.0 Å². The first-order valence-corrected chi connectivity index (χ1v) is 9.25. The van der Waals surface area contributed by atoms with Crippen LogP contribution in [0, 0.1) is 5.92 Å². The predicted octanol–water partition coefficient (Wildman–Crippen LogP) is 1.52. The van der Waals surface area contributed by atoms with Crippen molar-refractivity contribution < 1.29 is 33.3 Å². The van der Waals surface area contributed by atoms with Crippen LogP contribution in [-0.2, 0) is 19.1 Å². The highest BCUT2D eigenvalue weighted by Gasteiger charge is 2.40. The van der Waals surface area contributed by atoms with Gasteiger partial charge in [0, 0.05) is 25.1 Å². The minimum Gasteiger partial charge on any atom is -0.493 e. The molecule has 1 fully saturated rings. The third-order valence-electron chi connectivity index (χ3n) is 5.20. The molecule has 1 aliphatic rings. The number of methoxy groups -OCH3 is 4. The summed E-state index contributed by atoms with van der Waals surface area (Å²) in [5.41, 5.74) is -0.611. The van der Waals surface area contributed by atoms with Crippen LogP contribution in [0.1, 0.15) is 26.7 Å². The number of ether oxygens (including phenoxy) is 4. The van der Waals surface area contributed by atoms with E-state index < -0.39 is 17.4 Å². The maximum absolute atomic E-state index is 12.7. The van der Waals surface area contributed by atoms with Gasteiger partial charge in [-0.2, -0.15) is 0 Å². The van der Waals surface area contributed by atoms with E-state index in [-0.39, 0.29) is 24.8 Å². The number of benzene rings is 1. The Morgan fingerprint density at radius 2 is 1.72 bits per heavy atom. The molecule has 2 atom stereocenters. The van der Waals surface area contributed by atoms with E-state index in [9.17, 15) is 14.4 Å². The van der Waals surface area contributed by atoms with Crippen LogP contribution in [0.5, 0.6) is 17.2 Å². The third-order valence-corrected chi connectivity index (χ3v) is 5.20. The number of hydrogen-bond acceptors (Lipinski definition) is 7. The largest absolute Gasteiger partial charge is 0.493 e. The Hall–Kier alpha value is -2.97. The van der Waals surface area contributed by atoms with Crippen molar-refractivity contribution in [2.45, 2.75) is 32.2 Å². The summed E-state index contributed by atoms with van der Waals surface area (Å²) < 4.78 is 20.8. The molecular weight excluding hydrogens is 380 g/mol. The number of hydrogen-bond donors (Lipinski definition) is 1. The lowest BCUT2D eigenvalue weighted by atomic mass is 9.97. The standard InChI is InChI=1S/C20H28N2O7/c1-7-20(2,19(25)29-6)21-18(24)12-8-16(23)22(11-12)13-9-14(26-3)17(28-5)15(10-13)27-4/h9-10,12H,7-8,11H2,1-6H3,(H,21,24). The summed E-state index contributed by atoms with van der Waals surface area (Å²) in [6.07, 6.45) is 0.395. The van der Waals surface area contributed by atoms with E-state index in [0.29, 0.717) is 29.4 Å². The lowest BCUT2D eigenvalue weighted by Gasteiger charge is -2.28. The smallest absolute Gasteiger partial charge is 0.331 e. The lowest BCUT2D eigenvalue weighted by Crippen LogP contribution is -2.54. The Morgan fingerprint density at radius 1 is 1.14 bits per heavy atom. The summed E-state index contributed by atoms with van der Waals surface area (Å²) >= 11 is 0. The van der Waals surface area contributed by atoms with E-state index in [2.05, 4.69) is 5.32 Å². The molecule has 9 nitrogen and oxygen atoms in total. The van der Waals surface area contributed by atoms with Crippen molar-refractivity contribution in [2.24, 2.45) is 5.92 Å². The maximum atomic E-state index is 12.7. The zero-order valence-electron chi connectivity index (χ0n) is 17.7. The molecule has 0 radical (unpaired) electrons. The molecular formula is C20H28N2O7.